The molecule has 1 atom stereocenters. The number of hydrogen-bond donors (Lipinski definition) is 1. The van der Waals surface area contributed by atoms with Gasteiger partial charge in [0.15, 0.2) is 0 Å². The van der Waals surface area contributed by atoms with Crippen LogP contribution in [0.1, 0.15) is 34.1 Å². The second kappa shape index (κ2) is 8.43. The highest BCUT2D eigenvalue weighted by atomic mass is 16.6. The minimum atomic E-state index is 0.226. The standard InChI is InChI=1S/C15H23NO3/c1-5-12(3)18-14-7-9-15(10-8-14)19-13(4)11-16-17-6-2/h7-12,16H,5-6H2,1-4H3. The molecule has 0 saturated carbocycles. The third kappa shape index (κ3) is 6.15. The molecule has 0 aliphatic carbocycles. The molecule has 19 heavy (non-hydrogen) atoms. The molecule has 1 N–H and O–H groups in total. The van der Waals surface area contributed by atoms with Crippen LogP contribution in [0.3, 0.4) is 0 Å². The molecule has 1 aromatic carbocycles. The number of benzene rings is 1. The van der Waals surface area contributed by atoms with Crippen molar-refractivity contribution in [1.29, 1.82) is 0 Å². The minimum Gasteiger partial charge on any atom is -0.491 e. The number of nitrogens with one attached hydrogen (secondary N) is 1. The van der Waals surface area contributed by atoms with Crippen LogP contribution in [0.5, 0.6) is 11.5 Å². The molecule has 0 aliphatic rings. The van der Waals surface area contributed by atoms with Crippen molar-refractivity contribution in [2.45, 2.75) is 40.2 Å². The summed E-state index contributed by atoms with van der Waals surface area (Å²) in [7, 11) is 0. The van der Waals surface area contributed by atoms with E-state index in [1.54, 1.807) is 6.20 Å². The van der Waals surface area contributed by atoms with Crippen LogP contribution in [-0.4, -0.2) is 12.7 Å². The van der Waals surface area contributed by atoms with Crippen molar-refractivity contribution >= 4 is 0 Å². The highest BCUT2D eigenvalue weighted by Gasteiger charge is 2.01. The maximum Gasteiger partial charge on any atom is 0.127 e. The average Bonchev–Trinajstić information content (AvgIpc) is 2.41. The summed E-state index contributed by atoms with van der Waals surface area (Å²) in [5, 5.41) is 0. The third-order valence-corrected chi connectivity index (χ3v) is 2.50. The number of rotatable bonds is 8. The molecular weight excluding hydrogens is 242 g/mol. The summed E-state index contributed by atoms with van der Waals surface area (Å²) in [5.74, 6) is 2.35. The maximum atomic E-state index is 5.70. The first kappa shape index (κ1) is 15.4. The zero-order chi connectivity index (χ0) is 14.1. The number of ether oxygens (including phenoxy) is 2. The van der Waals surface area contributed by atoms with Gasteiger partial charge in [-0.15, -0.1) is 0 Å². The van der Waals surface area contributed by atoms with Crippen LogP contribution < -0.4 is 15.0 Å². The first-order valence-electron chi connectivity index (χ1n) is 6.64. The van der Waals surface area contributed by atoms with E-state index in [1.807, 2.05) is 38.1 Å². The molecule has 0 heterocycles. The van der Waals surface area contributed by atoms with Crippen LogP contribution in [0.15, 0.2) is 36.2 Å². The van der Waals surface area contributed by atoms with E-state index in [9.17, 15) is 0 Å². The van der Waals surface area contributed by atoms with Crippen LogP contribution in [0, 0.1) is 0 Å². The normalized spacial score (nSPS) is 12.9. The number of hydrogen-bond acceptors (Lipinski definition) is 4. The van der Waals surface area contributed by atoms with Gasteiger partial charge in [-0.2, -0.15) is 0 Å². The summed E-state index contributed by atoms with van der Waals surface area (Å²) in [4.78, 5) is 4.99. The SMILES string of the molecule is CCONC=C(C)Oc1ccc(OC(C)CC)cc1. The van der Waals surface area contributed by atoms with Crippen LogP contribution >= 0.6 is 0 Å². The minimum absolute atomic E-state index is 0.226. The fraction of sp³-hybridized carbons (Fsp3) is 0.467. The van der Waals surface area contributed by atoms with Gasteiger partial charge in [-0.1, -0.05) is 6.92 Å². The zero-order valence-electron chi connectivity index (χ0n) is 12.1. The van der Waals surface area contributed by atoms with Gasteiger partial charge in [0.25, 0.3) is 0 Å². The van der Waals surface area contributed by atoms with Crippen LogP contribution in [0.2, 0.25) is 0 Å². The molecule has 1 unspecified atom stereocenters. The van der Waals surface area contributed by atoms with Crippen molar-refractivity contribution in [3.63, 3.8) is 0 Å². The number of allylic oxidation sites excluding steroid dienone is 1. The Labute approximate surface area is 115 Å². The van der Waals surface area contributed by atoms with E-state index >= 15 is 0 Å². The van der Waals surface area contributed by atoms with Crippen molar-refractivity contribution < 1.29 is 14.3 Å². The van der Waals surface area contributed by atoms with Crippen LogP contribution in [0.25, 0.3) is 0 Å². The molecule has 0 spiro atoms. The molecule has 0 fully saturated rings. The first-order valence-corrected chi connectivity index (χ1v) is 6.64. The van der Waals surface area contributed by atoms with Crippen LogP contribution in [-0.2, 0) is 4.84 Å². The van der Waals surface area contributed by atoms with Crippen molar-refractivity contribution in [3.05, 3.63) is 36.2 Å². The van der Waals surface area contributed by atoms with Crippen LogP contribution in [0.4, 0.5) is 0 Å². The second-order valence-electron chi connectivity index (χ2n) is 4.22. The van der Waals surface area contributed by atoms with Gasteiger partial charge in [0.05, 0.1) is 18.9 Å². The lowest BCUT2D eigenvalue weighted by molar-refractivity contribution is 0.0802. The van der Waals surface area contributed by atoms with Gasteiger partial charge in [-0.05, 0) is 51.5 Å². The van der Waals surface area contributed by atoms with Gasteiger partial charge in [0, 0.05) is 0 Å². The first-order chi connectivity index (χ1) is 9.15. The van der Waals surface area contributed by atoms with Crippen molar-refractivity contribution in [2.24, 2.45) is 0 Å². The Morgan fingerprint density at radius 1 is 1.21 bits per heavy atom. The Bertz CT molecular complexity index is 387. The highest BCUT2D eigenvalue weighted by molar-refractivity contribution is 5.32. The van der Waals surface area contributed by atoms with E-state index in [0.717, 1.165) is 23.7 Å². The lowest BCUT2D eigenvalue weighted by atomic mass is 10.3. The van der Waals surface area contributed by atoms with Gasteiger partial charge in [0.1, 0.15) is 17.3 Å². The quantitative estimate of drug-likeness (QED) is 0.442. The molecular formula is C15H23NO3. The summed E-state index contributed by atoms with van der Waals surface area (Å²) >= 11 is 0. The smallest absolute Gasteiger partial charge is 0.127 e. The predicted molar refractivity (Wildman–Crippen MR) is 76.0 cm³/mol. The van der Waals surface area contributed by atoms with E-state index in [1.165, 1.54) is 0 Å². The molecule has 0 aliphatic heterocycles. The Hall–Kier alpha value is -1.68. The molecule has 0 radical (unpaired) electrons. The maximum absolute atomic E-state index is 5.70. The van der Waals surface area contributed by atoms with E-state index in [-0.39, 0.29) is 6.10 Å². The van der Waals surface area contributed by atoms with Crippen molar-refractivity contribution in [1.82, 2.24) is 5.48 Å². The predicted octanol–water partition coefficient (Wildman–Crippen LogP) is 3.65. The lowest BCUT2D eigenvalue weighted by Gasteiger charge is -2.13. The lowest BCUT2D eigenvalue weighted by Crippen LogP contribution is -2.09. The summed E-state index contributed by atoms with van der Waals surface area (Å²) < 4.78 is 11.3. The monoisotopic (exact) mass is 265 g/mol. The Kier molecular flexibility index (Phi) is 6.82. The fourth-order valence-corrected chi connectivity index (χ4v) is 1.33. The third-order valence-electron chi connectivity index (χ3n) is 2.50. The topological polar surface area (TPSA) is 39.7 Å². The van der Waals surface area contributed by atoms with Gasteiger partial charge in [0.2, 0.25) is 0 Å². The molecule has 4 heteroatoms. The largest absolute Gasteiger partial charge is 0.491 e. The average molecular weight is 265 g/mol. The zero-order valence-corrected chi connectivity index (χ0v) is 12.1. The Morgan fingerprint density at radius 3 is 2.42 bits per heavy atom. The van der Waals surface area contributed by atoms with Gasteiger partial charge < -0.3 is 9.47 Å². The van der Waals surface area contributed by atoms with E-state index in [2.05, 4.69) is 19.3 Å². The van der Waals surface area contributed by atoms with E-state index in [0.29, 0.717) is 6.61 Å². The van der Waals surface area contributed by atoms with Gasteiger partial charge >= 0.3 is 0 Å². The van der Waals surface area contributed by atoms with E-state index in [4.69, 9.17) is 14.3 Å². The molecule has 0 amide bonds. The molecule has 0 aromatic heterocycles. The van der Waals surface area contributed by atoms with Gasteiger partial charge in [-0.3, -0.25) is 10.3 Å². The fourth-order valence-electron chi connectivity index (χ4n) is 1.33. The highest BCUT2D eigenvalue weighted by Crippen LogP contribution is 2.20. The molecule has 106 valence electrons. The summed E-state index contributed by atoms with van der Waals surface area (Å²) in [6, 6.07) is 7.58. The summed E-state index contributed by atoms with van der Waals surface area (Å²) in [6.45, 7) is 8.52. The molecule has 0 bridgehead atoms. The number of hydroxylamine groups is 1. The van der Waals surface area contributed by atoms with Gasteiger partial charge in [-0.25, -0.2) is 0 Å². The van der Waals surface area contributed by atoms with Crippen molar-refractivity contribution in [3.8, 4) is 11.5 Å². The van der Waals surface area contributed by atoms with Crippen molar-refractivity contribution in [2.75, 3.05) is 6.61 Å². The second-order valence-corrected chi connectivity index (χ2v) is 4.22. The molecule has 4 nitrogen and oxygen atoms in total. The molecule has 1 rings (SSSR count). The molecule has 1 aromatic rings. The molecule has 0 saturated heterocycles. The summed E-state index contributed by atoms with van der Waals surface area (Å²) in [5.41, 5.74) is 2.69. The Balaban J connectivity index is 2.49. The summed E-state index contributed by atoms with van der Waals surface area (Å²) in [6.07, 6.45) is 2.89. The Morgan fingerprint density at radius 2 is 1.84 bits per heavy atom. The van der Waals surface area contributed by atoms with E-state index < -0.39 is 0 Å².